The van der Waals surface area contributed by atoms with Crippen LogP contribution in [0.4, 0.5) is 0 Å². The van der Waals surface area contributed by atoms with Gasteiger partial charge in [-0.3, -0.25) is 14.4 Å². The quantitative estimate of drug-likeness (QED) is 0.848. The largest absolute Gasteiger partial charge is 0.370 e. The van der Waals surface area contributed by atoms with Crippen molar-refractivity contribution in [3.05, 3.63) is 18.0 Å². The van der Waals surface area contributed by atoms with Crippen LogP contribution in [0.25, 0.3) is 0 Å². The standard InChI is InChI=1S/C15H24N4O3/c1-3-19-9-12(7-17-19)8-18-4-5-22-15(10-18)6-13(21-11-15)14(20)16-2/h7,9,13H,3-6,8,10-11H2,1-2H3,(H,16,20). The lowest BCUT2D eigenvalue weighted by Crippen LogP contribution is -2.52. The minimum Gasteiger partial charge on any atom is -0.370 e. The minimum atomic E-state index is -0.396. The van der Waals surface area contributed by atoms with Gasteiger partial charge in [0.15, 0.2) is 0 Å². The van der Waals surface area contributed by atoms with Crippen molar-refractivity contribution in [1.82, 2.24) is 20.0 Å². The summed E-state index contributed by atoms with van der Waals surface area (Å²) in [6.45, 7) is 6.66. The second kappa shape index (κ2) is 6.36. The molecule has 7 nitrogen and oxygen atoms in total. The van der Waals surface area contributed by atoms with Crippen molar-refractivity contribution in [1.29, 1.82) is 0 Å². The van der Waals surface area contributed by atoms with E-state index in [1.165, 1.54) is 5.56 Å². The van der Waals surface area contributed by atoms with Crippen LogP contribution in [0.15, 0.2) is 12.4 Å². The zero-order chi connectivity index (χ0) is 15.6. The fourth-order valence-corrected chi connectivity index (χ4v) is 3.23. The van der Waals surface area contributed by atoms with E-state index in [2.05, 4.69) is 28.4 Å². The van der Waals surface area contributed by atoms with E-state index in [0.717, 1.165) is 26.2 Å². The van der Waals surface area contributed by atoms with Crippen LogP contribution in [0, 0.1) is 0 Å². The van der Waals surface area contributed by atoms with Gasteiger partial charge in [-0.05, 0) is 6.92 Å². The molecular formula is C15H24N4O3. The smallest absolute Gasteiger partial charge is 0.248 e. The van der Waals surface area contributed by atoms with E-state index in [9.17, 15) is 4.79 Å². The molecule has 2 aliphatic rings. The van der Waals surface area contributed by atoms with Crippen molar-refractivity contribution >= 4 is 5.91 Å². The van der Waals surface area contributed by atoms with E-state index in [0.29, 0.717) is 19.6 Å². The Balaban J connectivity index is 1.61. The van der Waals surface area contributed by atoms with Gasteiger partial charge in [0, 0.05) is 51.4 Å². The summed E-state index contributed by atoms with van der Waals surface area (Å²) in [5.74, 6) is -0.0678. The van der Waals surface area contributed by atoms with Crippen molar-refractivity contribution in [3.63, 3.8) is 0 Å². The van der Waals surface area contributed by atoms with Crippen molar-refractivity contribution in [2.45, 2.75) is 38.1 Å². The maximum absolute atomic E-state index is 11.7. The van der Waals surface area contributed by atoms with Crippen molar-refractivity contribution < 1.29 is 14.3 Å². The molecule has 2 fully saturated rings. The van der Waals surface area contributed by atoms with Gasteiger partial charge >= 0.3 is 0 Å². The Hall–Kier alpha value is -1.44. The Morgan fingerprint density at radius 1 is 1.59 bits per heavy atom. The lowest BCUT2D eigenvalue weighted by atomic mass is 9.97. The molecule has 0 saturated carbocycles. The summed E-state index contributed by atoms with van der Waals surface area (Å²) in [4.78, 5) is 14.1. The van der Waals surface area contributed by atoms with Gasteiger partial charge < -0.3 is 14.8 Å². The van der Waals surface area contributed by atoms with Crippen LogP contribution in [0.1, 0.15) is 18.9 Å². The highest BCUT2D eigenvalue weighted by molar-refractivity contribution is 5.80. The molecule has 0 aliphatic carbocycles. The van der Waals surface area contributed by atoms with E-state index in [1.807, 2.05) is 10.9 Å². The van der Waals surface area contributed by atoms with Gasteiger partial charge in [-0.25, -0.2) is 0 Å². The molecule has 1 amide bonds. The second-order valence-electron chi connectivity index (χ2n) is 6.06. The molecule has 3 rings (SSSR count). The Kier molecular flexibility index (Phi) is 4.46. The summed E-state index contributed by atoms with van der Waals surface area (Å²) in [6.07, 6.45) is 4.23. The molecule has 0 aromatic carbocycles. The van der Waals surface area contributed by atoms with Gasteiger partial charge in [0.25, 0.3) is 0 Å². The Morgan fingerprint density at radius 3 is 3.18 bits per heavy atom. The van der Waals surface area contributed by atoms with Crippen molar-refractivity contribution in [3.8, 4) is 0 Å². The first-order chi connectivity index (χ1) is 10.6. The minimum absolute atomic E-state index is 0.0678. The first-order valence-corrected chi connectivity index (χ1v) is 7.85. The van der Waals surface area contributed by atoms with Crippen LogP contribution >= 0.6 is 0 Å². The number of aromatic nitrogens is 2. The maximum atomic E-state index is 11.7. The van der Waals surface area contributed by atoms with Gasteiger partial charge in [0.1, 0.15) is 11.7 Å². The summed E-state index contributed by atoms with van der Waals surface area (Å²) in [5.41, 5.74) is 0.858. The molecule has 1 aromatic rings. The van der Waals surface area contributed by atoms with Crippen LogP contribution in [0.3, 0.4) is 0 Å². The molecule has 1 aromatic heterocycles. The molecule has 22 heavy (non-hydrogen) atoms. The summed E-state index contributed by atoms with van der Waals surface area (Å²) < 4.78 is 13.6. The molecule has 0 radical (unpaired) electrons. The molecule has 7 heteroatoms. The number of likely N-dealkylation sites (N-methyl/N-ethyl adjacent to an activating group) is 1. The normalized spacial score (nSPS) is 29.1. The monoisotopic (exact) mass is 308 g/mol. The Labute approximate surface area is 130 Å². The van der Waals surface area contributed by atoms with Crippen LogP contribution in [-0.2, 0) is 27.4 Å². The van der Waals surface area contributed by atoms with E-state index < -0.39 is 6.10 Å². The van der Waals surface area contributed by atoms with Gasteiger partial charge in [0.2, 0.25) is 5.91 Å². The first-order valence-electron chi connectivity index (χ1n) is 7.85. The zero-order valence-electron chi connectivity index (χ0n) is 13.2. The van der Waals surface area contributed by atoms with Gasteiger partial charge in [0.05, 0.1) is 19.4 Å². The topological polar surface area (TPSA) is 68.6 Å². The molecule has 122 valence electrons. The van der Waals surface area contributed by atoms with Crippen LogP contribution in [0.5, 0.6) is 0 Å². The predicted molar refractivity (Wildman–Crippen MR) is 80.3 cm³/mol. The van der Waals surface area contributed by atoms with Crippen molar-refractivity contribution in [2.24, 2.45) is 0 Å². The number of carbonyl (C=O) groups excluding carboxylic acids is 1. The van der Waals surface area contributed by atoms with Crippen LogP contribution in [0.2, 0.25) is 0 Å². The highest BCUT2D eigenvalue weighted by Crippen LogP contribution is 2.32. The number of nitrogens with zero attached hydrogens (tertiary/aromatic N) is 3. The van der Waals surface area contributed by atoms with E-state index >= 15 is 0 Å². The lowest BCUT2D eigenvalue weighted by molar-refractivity contribution is -0.129. The highest BCUT2D eigenvalue weighted by atomic mass is 16.6. The fourth-order valence-electron chi connectivity index (χ4n) is 3.23. The average molecular weight is 308 g/mol. The third-order valence-corrected chi connectivity index (χ3v) is 4.39. The molecule has 1 spiro atoms. The van der Waals surface area contributed by atoms with Gasteiger partial charge in [-0.1, -0.05) is 0 Å². The van der Waals surface area contributed by atoms with E-state index in [1.54, 1.807) is 7.05 Å². The van der Waals surface area contributed by atoms with E-state index in [4.69, 9.17) is 9.47 Å². The summed E-state index contributed by atoms with van der Waals surface area (Å²) in [6, 6.07) is 0. The summed E-state index contributed by atoms with van der Waals surface area (Å²) >= 11 is 0. The SMILES string of the molecule is CCn1cc(CN2CCOC3(COC(C(=O)NC)C3)C2)cn1. The predicted octanol–water partition coefficient (Wildman–Crippen LogP) is 0.00890. The van der Waals surface area contributed by atoms with Crippen LogP contribution in [-0.4, -0.2) is 65.6 Å². The number of carbonyl (C=O) groups is 1. The average Bonchev–Trinajstić information content (AvgIpc) is 3.14. The first kappa shape index (κ1) is 15.5. The van der Waals surface area contributed by atoms with Gasteiger partial charge in [-0.2, -0.15) is 5.10 Å². The fraction of sp³-hybridized carbons (Fsp3) is 0.733. The zero-order valence-corrected chi connectivity index (χ0v) is 13.2. The molecule has 0 bridgehead atoms. The van der Waals surface area contributed by atoms with Crippen LogP contribution < -0.4 is 5.32 Å². The molecule has 2 unspecified atom stereocenters. The summed E-state index contributed by atoms with van der Waals surface area (Å²) in [7, 11) is 1.64. The summed E-state index contributed by atoms with van der Waals surface area (Å²) in [5, 5.41) is 6.96. The number of rotatable bonds is 4. The number of nitrogens with one attached hydrogen (secondary N) is 1. The molecule has 3 heterocycles. The number of ether oxygens (including phenoxy) is 2. The highest BCUT2D eigenvalue weighted by Gasteiger charge is 2.46. The maximum Gasteiger partial charge on any atom is 0.248 e. The van der Waals surface area contributed by atoms with E-state index in [-0.39, 0.29) is 11.5 Å². The molecule has 2 saturated heterocycles. The number of hydrogen-bond acceptors (Lipinski definition) is 5. The number of aryl methyl sites for hydroxylation is 1. The number of morpholine rings is 1. The lowest BCUT2D eigenvalue weighted by Gasteiger charge is -2.39. The van der Waals surface area contributed by atoms with Crippen molar-refractivity contribution in [2.75, 3.05) is 33.4 Å². The van der Waals surface area contributed by atoms with Gasteiger partial charge in [-0.15, -0.1) is 0 Å². The third-order valence-electron chi connectivity index (χ3n) is 4.39. The second-order valence-corrected chi connectivity index (χ2v) is 6.06. The third kappa shape index (κ3) is 3.16. The molecule has 1 N–H and O–H groups in total. The Morgan fingerprint density at radius 2 is 2.45 bits per heavy atom. The number of hydrogen-bond donors (Lipinski definition) is 1. The molecule has 2 atom stereocenters. The molecule has 2 aliphatic heterocycles. The molecular weight excluding hydrogens is 284 g/mol. The number of amides is 1. The Bertz CT molecular complexity index is 533.